The monoisotopic (exact) mass is 251 g/mol. The molecule has 0 aliphatic carbocycles. The number of hydrogen-bond acceptors (Lipinski definition) is 4. The van der Waals surface area contributed by atoms with Crippen LogP contribution < -0.4 is 0 Å². The minimum absolute atomic E-state index is 0.392. The molecular weight excluding hydrogens is 234 g/mol. The summed E-state index contributed by atoms with van der Waals surface area (Å²) in [7, 11) is 5.16. The van der Waals surface area contributed by atoms with Gasteiger partial charge in [-0.1, -0.05) is 0 Å². The van der Waals surface area contributed by atoms with Gasteiger partial charge in [-0.25, -0.2) is 0 Å². The number of methoxy groups -OCH3 is 1. The van der Waals surface area contributed by atoms with Crippen molar-refractivity contribution < 1.29 is 14.3 Å². The summed E-state index contributed by atoms with van der Waals surface area (Å²) in [5.74, 6) is 0. The van der Waals surface area contributed by atoms with Crippen LogP contribution in [0.1, 0.15) is 27.8 Å². The van der Waals surface area contributed by atoms with E-state index in [4.69, 9.17) is 0 Å². The van der Waals surface area contributed by atoms with Crippen molar-refractivity contribution in [1.82, 2.24) is 14.3 Å². The van der Waals surface area contributed by atoms with Gasteiger partial charge in [-0.2, -0.15) is 5.10 Å². The summed E-state index contributed by atoms with van der Waals surface area (Å²) < 4.78 is 7.80. The highest BCUT2D eigenvalue weighted by Crippen LogP contribution is 2.21. The van der Waals surface area contributed by atoms with Crippen LogP contribution in [0.3, 0.4) is 0 Å². The van der Waals surface area contributed by atoms with Gasteiger partial charge in [0.2, 0.25) is 0 Å². The standard InChI is InChI=1S/C9H9N3O2.C3H8O/c1-11-7-3-10-12(2)9(7)6(4-13)8(11)5-14;1-3-4-2/h3-5H,1-2H3;3H2,1-2H3. The normalized spacial score (nSPS) is 10.0. The van der Waals surface area contributed by atoms with Crippen molar-refractivity contribution >= 4 is 23.6 Å². The van der Waals surface area contributed by atoms with Gasteiger partial charge in [0.05, 0.1) is 28.5 Å². The first kappa shape index (κ1) is 14.1. The Morgan fingerprint density at radius 2 is 1.94 bits per heavy atom. The molecule has 0 fully saturated rings. The van der Waals surface area contributed by atoms with Gasteiger partial charge in [0, 0.05) is 27.8 Å². The molecule has 0 N–H and O–H groups in total. The molecule has 18 heavy (non-hydrogen) atoms. The second-order valence-corrected chi connectivity index (χ2v) is 3.67. The SMILES string of the molecule is CCOC.Cn1ncc2c1c(C=O)c(C=O)n2C. The van der Waals surface area contributed by atoms with Gasteiger partial charge in [0.15, 0.2) is 12.6 Å². The Bertz CT molecular complexity index is 552. The molecule has 0 saturated heterocycles. The number of aromatic nitrogens is 3. The third-order valence-corrected chi connectivity index (χ3v) is 2.69. The molecular formula is C12H17N3O3. The number of hydrogen-bond donors (Lipinski definition) is 0. The van der Waals surface area contributed by atoms with Crippen molar-refractivity contribution in [3.8, 4) is 0 Å². The van der Waals surface area contributed by atoms with Crippen molar-refractivity contribution in [2.75, 3.05) is 13.7 Å². The Morgan fingerprint density at radius 3 is 2.39 bits per heavy atom. The highest BCUT2D eigenvalue weighted by atomic mass is 16.5. The van der Waals surface area contributed by atoms with E-state index in [0.717, 1.165) is 12.1 Å². The zero-order valence-corrected chi connectivity index (χ0v) is 11.0. The van der Waals surface area contributed by atoms with E-state index in [-0.39, 0.29) is 0 Å². The summed E-state index contributed by atoms with van der Waals surface area (Å²) >= 11 is 0. The van der Waals surface area contributed by atoms with Crippen molar-refractivity contribution in [3.05, 3.63) is 17.5 Å². The molecule has 0 atom stereocenters. The molecule has 0 radical (unpaired) electrons. The first-order chi connectivity index (χ1) is 8.62. The van der Waals surface area contributed by atoms with E-state index >= 15 is 0 Å². The fourth-order valence-electron chi connectivity index (χ4n) is 1.67. The fourth-order valence-corrected chi connectivity index (χ4v) is 1.67. The predicted molar refractivity (Wildman–Crippen MR) is 68.0 cm³/mol. The predicted octanol–water partition coefficient (Wildman–Crippen LogP) is 1.19. The topological polar surface area (TPSA) is 66.1 Å². The molecule has 2 aromatic rings. The lowest BCUT2D eigenvalue weighted by Crippen LogP contribution is -1.98. The second kappa shape index (κ2) is 6.11. The Kier molecular flexibility index (Phi) is 4.79. The van der Waals surface area contributed by atoms with Crippen molar-refractivity contribution in [2.45, 2.75) is 6.92 Å². The van der Waals surface area contributed by atoms with E-state index in [1.54, 1.807) is 36.7 Å². The van der Waals surface area contributed by atoms with Crippen LogP contribution in [0.25, 0.3) is 11.0 Å². The highest BCUT2D eigenvalue weighted by Gasteiger charge is 2.16. The molecule has 0 saturated carbocycles. The summed E-state index contributed by atoms with van der Waals surface area (Å²) in [5.41, 5.74) is 2.28. The van der Waals surface area contributed by atoms with Crippen LogP contribution in [-0.4, -0.2) is 40.6 Å². The van der Waals surface area contributed by atoms with E-state index < -0.39 is 0 Å². The molecule has 6 heteroatoms. The second-order valence-electron chi connectivity index (χ2n) is 3.67. The van der Waals surface area contributed by atoms with Crippen molar-refractivity contribution in [3.63, 3.8) is 0 Å². The molecule has 0 amide bonds. The average molecular weight is 251 g/mol. The Morgan fingerprint density at radius 1 is 1.33 bits per heavy atom. The van der Waals surface area contributed by atoms with Crippen LogP contribution in [0, 0.1) is 0 Å². The minimum Gasteiger partial charge on any atom is -0.385 e. The molecule has 0 aliphatic heterocycles. The van der Waals surface area contributed by atoms with E-state index in [1.165, 1.54) is 0 Å². The maximum absolute atomic E-state index is 10.9. The smallest absolute Gasteiger partial charge is 0.167 e. The third-order valence-electron chi connectivity index (χ3n) is 2.69. The van der Waals surface area contributed by atoms with E-state index in [1.807, 2.05) is 6.92 Å². The van der Waals surface area contributed by atoms with E-state index in [2.05, 4.69) is 9.84 Å². The highest BCUT2D eigenvalue weighted by molar-refractivity contribution is 6.03. The van der Waals surface area contributed by atoms with Gasteiger partial charge in [0.25, 0.3) is 0 Å². The Hall–Kier alpha value is -1.95. The molecule has 2 rings (SSSR count). The van der Waals surface area contributed by atoms with Gasteiger partial charge >= 0.3 is 0 Å². The number of carbonyl (C=O) groups is 2. The van der Waals surface area contributed by atoms with Crippen LogP contribution in [-0.2, 0) is 18.8 Å². The molecule has 0 spiro atoms. The molecule has 6 nitrogen and oxygen atoms in total. The van der Waals surface area contributed by atoms with Crippen LogP contribution in [0.4, 0.5) is 0 Å². The summed E-state index contributed by atoms with van der Waals surface area (Å²) in [4.78, 5) is 21.6. The average Bonchev–Trinajstić information content (AvgIpc) is 2.89. The third kappa shape index (κ3) is 2.33. The van der Waals surface area contributed by atoms with Crippen molar-refractivity contribution in [1.29, 1.82) is 0 Å². The number of carbonyl (C=O) groups excluding carboxylic acids is 2. The molecule has 2 aromatic heterocycles. The fraction of sp³-hybridized carbons (Fsp3) is 0.417. The van der Waals surface area contributed by atoms with E-state index in [9.17, 15) is 9.59 Å². The summed E-state index contributed by atoms with van der Waals surface area (Å²) in [6.07, 6.45) is 3.01. The number of nitrogens with zero attached hydrogens (tertiary/aromatic N) is 3. The molecule has 0 aromatic carbocycles. The number of aryl methyl sites for hydroxylation is 2. The number of aldehydes is 2. The molecule has 0 unspecified atom stereocenters. The quantitative estimate of drug-likeness (QED) is 0.768. The maximum Gasteiger partial charge on any atom is 0.167 e. The van der Waals surface area contributed by atoms with E-state index in [0.29, 0.717) is 29.3 Å². The largest absolute Gasteiger partial charge is 0.385 e. The van der Waals surface area contributed by atoms with Gasteiger partial charge in [0.1, 0.15) is 0 Å². The molecule has 0 aliphatic rings. The molecule has 98 valence electrons. The summed E-state index contributed by atoms with van der Waals surface area (Å²) in [5, 5.41) is 4.02. The van der Waals surface area contributed by atoms with Crippen LogP contribution in [0.15, 0.2) is 6.20 Å². The number of ether oxygens (including phenoxy) is 1. The zero-order valence-electron chi connectivity index (χ0n) is 11.0. The minimum atomic E-state index is 0.392. The van der Waals surface area contributed by atoms with Crippen LogP contribution in [0.5, 0.6) is 0 Å². The lowest BCUT2D eigenvalue weighted by molar-refractivity contribution is 0.109. The first-order valence-electron chi connectivity index (χ1n) is 5.51. The lowest BCUT2D eigenvalue weighted by atomic mass is 10.2. The summed E-state index contributed by atoms with van der Waals surface area (Å²) in [6, 6.07) is 0. The number of rotatable bonds is 3. The van der Waals surface area contributed by atoms with Crippen molar-refractivity contribution in [2.24, 2.45) is 14.1 Å². The molecule has 0 bridgehead atoms. The van der Waals surface area contributed by atoms with Gasteiger partial charge < -0.3 is 9.30 Å². The van der Waals surface area contributed by atoms with Crippen LogP contribution in [0.2, 0.25) is 0 Å². The zero-order chi connectivity index (χ0) is 13.7. The maximum atomic E-state index is 10.9. The molecule has 2 heterocycles. The first-order valence-corrected chi connectivity index (χ1v) is 5.51. The van der Waals surface area contributed by atoms with Gasteiger partial charge in [-0.05, 0) is 6.92 Å². The van der Waals surface area contributed by atoms with Gasteiger partial charge in [-0.3, -0.25) is 14.3 Å². The van der Waals surface area contributed by atoms with Gasteiger partial charge in [-0.15, -0.1) is 0 Å². The Balaban J connectivity index is 0.000000357. The summed E-state index contributed by atoms with van der Waals surface area (Å²) in [6.45, 7) is 2.78. The Labute approximate surface area is 105 Å². The lowest BCUT2D eigenvalue weighted by Gasteiger charge is -1.94. The van der Waals surface area contributed by atoms with Crippen LogP contribution >= 0.6 is 0 Å². The number of fused-ring (bicyclic) bond motifs is 1.